The number of nitrogen functional groups attached to an aromatic ring is 1. The molecule has 2 heterocycles. The molecular formula is C15H19N3O2S. The second kappa shape index (κ2) is 5.99. The van der Waals surface area contributed by atoms with E-state index >= 15 is 0 Å². The van der Waals surface area contributed by atoms with Gasteiger partial charge in [0.2, 0.25) is 0 Å². The van der Waals surface area contributed by atoms with Crippen LogP contribution in [0.15, 0.2) is 18.5 Å². The summed E-state index contributed by atoms with van der Waals surface area (Å²) in [4.78, 5) is 17.1. The van der Waals surface area contributed by atoms with Crippen LogP contribution in [0.25, 0.3) is 10.1 Å². The van der Waals surface area contributed by atoms with E-state index < -0.39 is 0 Å². The summed E-state index contributed by atoms with van der Waals surface area (Å²) in [5, 5.41) is 13.4. The van der Waals surface area contributed by atoms with Crippen LogP contribution in [0.4, 0.5) is 5.69 Å². The van der Waals surface area contributed by atoms with E-state index in [4.69, 9.17) is 5.73 Å². The van der Waals surface area contributed by atoms with Crippen LogP contribution in [0.5, 0.6) is 0 Å². The molecule has 1 saturated carbocycles. The van der Waals surface area contributed by atoms with E-state index in [1.165, 1.54) is 11.3 Å². The van der Waals surface area contributed by atoms with Crippen molar-refractivity contribution in [2.24, 2.45) is 5.92 Å². The number of nitrogens with zero attached hydrogens (tertiary/aromatic N) is 1. The Morgan fingerprint density at radius 1 is 1.48 bits per heavy atom. The van der Waals surface area contributed by atoms with Gasteiger partial charge in [0.05, 0.1) is 10.4 Å². The topological polar surface area (TPSA) is 88.2 Å². The Morgan fingerprint density at radius 3 is 3.05 bits per heavy atom. The smallest absolute Gasteiger partial charge is 0.263 e. The Hall–Kier alpha value is -1.66. The molecule has 5 nitrogen and oxygen atoms in total. The van der Waals surface area contributed by atoms with E-state index in [1.54, 1.807) is 12.4 Å². The molecule has 0 aliphatic heterocycles. The molecule has 2 atom stereocenters. The van der Waals surface area contributed by atoms with Crippen LogP contribution in [0.3, 0.4) is 0 Å². The number of aromatic nitrogens is 1. The van der Waals surface area contributed by atoms with Gasteiger partial charge in [-0.1, -0.05) is 12.8 Å². The van der Waals surface area contributed by atoms with Gasteiger partial charge in [-0.25, -0.2) is 0 Å². The van der Waals surface area contributed by atoms with Crippen molar-refractivity contribution in [3.05, 3.63) is 23.3 Å². The molecule has 4 N–H and O–H groups in total. The first-order chi connectivity index (χ1) is 10.2. The van der Waals surface area contributed by atoms with Crippen molar-refractivity contribution in [2.75, 3.05) is 12.3 Å². The summed E-state index contributed by atoms with van der Waals surface area (Å²) in [5.74, 6) is 0.0130. The lowest BCUT2D eigenvalue weighted by atomic mass is 9.85. The molecule has 3 rings (SSSR count). The van der Waals surface area contributed by atoms with Crippen LogP contribution in [0.1, 0.15) is 35.4 Å². The number of thiophene rings is 1. The molecule has 0 radical (unpaired) electrons. The van der Waals surface area contributed by atoms with E-state index in [0.717, 1.165) is 35.8 Å². The number of aliphatic hydroxyl groups is 1. The van der Waals surface area contributed by atoms with Gasteiger partial charge >= 0.3 is 0 Å². The monoisotopic (exact) mass is 305 g/mol. The number of carbonyl (C=O) groups excluding carboxylic acids is 1. The van der Waals surface area contributed by atoms with Crippen molar-refractivity contribution in [3.8, 4) is 0 Å². The maximum Gasteiger partial charge on any atom is 0.263 e. The molecule has 0 aromatic carbocycles. The molecule has 6 heteroatoms. The summed E-state index contributed by atoms with van der Waals surface area (Å²) in [5.41, 5.74) is 6.60. The van der Waals surface area contributed by atoms with E-state index in [2.05, 4.69) is 10.3 Å². The van der Waals surface area contributed by atoms with Gasteiger partial charge < -0.3 is 16.2 Å². The number of pyridine rings is 1. The second-order valence-corrected chi connectivity index (χ2v) is 6.58. The zero-order valence-corrected chi connectivity index (χ0v) is 12.5. The average molecular weight is 305 g/mol. The van der Waals surface area contributed by atoms with Crippen LogP contribution in [-0.4, -0.2) is 28.6 Å². The number of anilines is 1. The molecule has 1 fully saturated rings. The molecule has 2 aromatic heterocycles. The maximum atomic E-state index is 12.5. The Labute approximate surface area is 127 Å². The zero-order valence-electron chi connectivity index (χ0n) is 11.7. The predicted molar refractivity (Wildman–Crippen MR) is 84.3 cm³/mol. The molecule has 0 bridgehead atoms. The molecule has 2 unspecified atom stereocenters. The van der Waals surface area contributed by atoms with Gasteiger partial charge in [0.25, 0.3) is 5.91 Å². The Morgan fingerprint density at radius 2 is 2.29 bits per heavy atom. The minimum Gasteiger partial charge on any atom is -0.397 e. The number of rotatable bonds is 3. The summed E-state index contributed by atoms with van der Waals surface area (Å²) in [7, 11) is 0. The minimum absolute atomic E-state index is 0.0407. The van der Waals surface area contributed by atoms with E-state index in [0.29, 0.717) is 10.6 Å². The number of aliphatic hydroxyl groups excluding tert-OH is 1. The Bertz CT molecular complexity index is 655. The van der Waals surface area contributed by atoms with Crippen LogP contribution >= 0.6 is 11.3 Å². The van der Waals surface area contributed by atoms with Crippen molar-refractivity contribution < 1.29 is 9.90 Å². The summed E-state index contributed by atoms with van der Waals surface area (Å²) >= 11 is 1.37. The molecule has 2 aromatic rings. The van der Waals surface area contributed by atoms with Gasteiger partial charge in [-0.3, -0.25) is 9.78 Å². The minimum atomic E-state index is -0.140. The number of amides is 1. The molecule has 1 amide bonds. The fourth-order valence-corrected chi connectivity index (χ4v) is 3.98. The quantitative estimate of drug-likeness (QED) is 0.811. The zero-order chi connectivity index (χ0) is 14.8. The highest BCUT2D eigenvalue weighted by Gasteiger charge is 2.27. The van der Waals surface area contributed by atoms with Gasteiger partial charge in [-0.15, -0.1) is 11.3 Å². The first-order valence-electron chi connectivity index (χ1n) is 7.24. The van der Waals surface area contributed by atoms with Crippen LogP contribution in [-0.2, 0) is 0 Å². The summed E-state index contributed by atoms with van der Waals surface area (Å²) in [6.45, 7) is 0.122. The number of hydrogen-bond donors (Lipinski definition) is 3. The number of carbonyl (C=O) groups is 1. The van der Waals surface area contributed by atoms with Gasteiger partial charge in [0, 0.05) is 36.3 Å². The molecule has 1 aliphatic rings. The van der Waals surface area contributed by atoms with Crippen molar-refractivity contribution in [2.45, 2.75) is 31.7 Å². The van der Waals surface area contributed by atoms with Gasteiger partial charge in [0.15, 0.2) is 0 Å². The van der Waals surface area contributed by atoms with E-state index in [1.807, 2.05) is 6.07 Å². The van der Waals surface area contributed by atoms with Gasteiger partial charge in [-0.05, 0) is 18.9 Å². The van der Waals surface area contributed by atoms with Gasteiger partial charge in [-0.2, -0.15) is 0 Å². The van der Waals surface area contributed by atoms with Crippen molar-refractivity contribution in [3.63, 3.8) is 0 Å². The summed E-state index contributed by atoms with van der Waals surface area (Å²) in [6, 6.07) is 1.87. The number of fused-ring (bicyclic) bond motifs is 1. The van der Waals surface area contributed by atoms with E-state index in [-0.39, 0.29) is 24.5 Å². The lowest BCUT2D eigenvalue weighted by molar-refractivity contribution is 0.0877. The largest absolute Gasteiger partial charge is 0.397 e. The highest BCUT2D eigenvalue weighted by atomic mass is 32.1. The summed E-state index contributed by atoms with van der Waals surface area (Å²) in [6.07, 6.45) is 7.50. The van der Waals surface area contributed by atoms with Crippen LogP contribution < -0.4 is 11.1 Å². The first kappa shape index (κ1) is 14.3. The Balaban J connectivity index is 1.82. The molecule has 112 valence electrons. The van der Waals surface area contributed by atoms with Crippen molar-refractivity contribution >= 4 is 33.0 Å². The normalized spacial score (nSPS) is 22.3. The highest BCUT2D eigenvalue weighted by Crippen LogP contribution is 2.33. The standard InChI is InChI=1S/C15H19N3O2S/c16-13-10-5-6-17-7-12(10)21-14(13)15(20)18-11-4-2-1-3-9(11)8-19/h5-7,9,11,19H,1-4,8,16H2,(H,18,20). The SMILES string of the molecule is Nc1c(C(=O)NC2CCCCC2CO)sc2cnccc12. The van der Waals surface area contributed by atoms with Crippen molar-refractivity contribution in [1.82, 2.24) is 10.3 Å². The third-order valence-corrected chi connectivity index (χ3v) is 5.35. The maximum absolute atomic E-state index is 12.5. The van der Waals surface area contributed by atoms with Crippen molar-refractivity contribution in [1.29, 1.82) is 0 Å². The fraction of sp³-hybridized carbons (Fsp3) is 0.467. The third-order valence-electron chi connectivity index (χ3n) is 4.20. The predicted octanol–water partition coefficient (Wildman–Crippen LogP) is 2.16. The molecule has 0 saturated heterocycles. The molecule has 21 heavy (non-hydrogen) atoms. The summed E-state index contributed by atoms with van der Waals surface area (Å²) < 4.78 is 0.919. The third kappa shape index (κ3) is 2.73. The van der Waals surface area contributed by atoms with Crippen LogP contribution in [0, 0.1) is 5.92 Å². The molecule has 1 aliphatic carbocycles. The first-order valence-corrected chi connectivity index (χ1v) is 8.06. The highest BCUT2D eigenvalue weighted by molar-refractivity contribution is 7.21. The average Bonchev–Trinajstić information content (AvgIpc) is 2.85. The second-order valence-electron chi connectivity index (χ2n) is 5.52. The number of nitrogens with one attached hydrogen (secondary N) is 1. The fourth-order valence-electron chi connectivity index (χ4n) is 2.99. The lowest BCUT2D eigenvalue weighted by Crippen LogP contribution is -2.43. The van der Waals surface area contributed by atoms with Gasteiger partial charge in [0.1, 0.15) is 4.88 Å². The molecule has 0 spiro atoms. The van der Waals surface area contributed by atoms with E-state index in [9.17, 15) is 9.90 Å². The lowest BCUT2D eigenvalue weighted by Gasteiger charge is -2.30. The number of hydrogen-bond acceptors (Lipinski definition) is 5. The van der Waals surface area contributed by atoms with Crippen LogP contribution in [0.2, 0.25) is 0 Å². The Kier molecular flexibility index (Phi) is 4.07. The molecular weight excluding hydrogens is 286 g/mol. The number of nitrogens with two attached hydrogens (primary N) is 1.